The number of likely N-dealkylation sites (N-methyl/N-ethyl adjacent to an activating group) is 1. The van der Waals surface area contributed by atoms with Crippen LogP contribution in [0.3, 0.4) is 0 Å². The van der Waals surface area contributed by atoms with Crippen LogP contribution in [0.15, 0.2) is 18.2 Å². The standard InChI is InChI=1S/C15H25FN2O/c1-12(2)10-18(6-5-17(3)4)11-13-7-14(16)9-15(19)8-13/h7-9,12,19H,5-6,10-11H2,1-4H3. The Kier molecular flexibility index (Phi) is 6.25. The van der Waals surface area contributed by atoms with Crippen LogP contribution in [0.2, 0.25) is 0 Å². The normalized spacial score (nSPS) is 11.8. The molecule has 1 aromatic carbocycles. The summed E-state index contributed by atoms with van der Waals surface area (Å²) in [6.45, 7) is 7.87. The van der Waals surface area contributed by atoms with Crippen molar-refractivity contribution in [3.8, 4) is 5.75 Å². The van der Waals surface area contributed by atoms with Crippen molar-refractivity contribution in [3.63, 3.8) is 0 Å². The lowest BCUT2D eigenvalue weighted by atomic mass is 10.1. The summed E-state index contributed by atoms with van der Waals surface area (Å²) in [5.74, 6) is 0.170. The van der Waals surface area contributed by atoms with Gasteiger partial charge in [-0.1, -0.05) is 13.8 Å². The van der Waals surface area contributed by atoms with E-state index in [2.05, 4.69) is 23.6 Å². The van der Waals surface area contributed by atoms with Crippen molar-refractivity contribution in [1.29, 1.82) is 0 Å². The Morgan fingerprint density at radius 1 is 1.16 bits per heavy atom. The number of nitrogens with zero attached hydrogens (tertiary/aromatic N) is 2. The zero-order valence-corrected chi connectivity index (χ0v) is 12.4. The van der Waals surface area contributed by atoms with Gasteiger partial charge in [-0.15, -0.1) is 0 Å². The van der Waals surface area contributed by atoms with Crippen molar-refractivity contribution in [1.82, 2.24) is 9.80 Å². The van der Waals surface area contributed by atoms with Crippen molar-refractivity contribution in [3.05, 3.63) is 29.6 Å². The van der Waals surface area contributed by atoms with E-state index in [1.807, 2.05) is 14.1 Å². The Balaban J connectivity index is 2.69. The van der Waals surface area contributed by atoms with Gasteiger partial charge < -0.3 is 10.0 Å². The Morgan fingerprint density at radius 2 is 1.84 bits per heavy atom. The lowest BCUT2D eigenvalue weighted by molar-refractivity contribution is 0.211. The molecule has 1 rings (SSSR count). The first-order valence-corrected chi connectivity index (χ1v) is 6.72. The third-order valence-corrected chi connectivity index (χ3v) is 2.84. The Hall–Kier alpha value is -1.13. The molecule has 19 heavy (non-hydrogen) atoms. The zero-order chi connectivity index (χ0) is 14.4. The number of rotatable bonds is 7. The van der Waals surface area contributed by atoms with Gasteiger partial charge in [-0.25, -0.2) is 4.39 Å². The molecule has 0 fully saturated rings. The predicted molar refractivity (Wildman–Crippen MR) is 76.7 cm³/mol. The molecule has 0 radical (unpaired) electrons. The minimum absolute atomic E-state index is 0.00731. The van der Waals surface area contributed by atoms with Gasteiger partial charge in [-0.3, -0.25) is 4.90 Å². The molecule has 0 unspecified atom stereocenters. The molecule has 0 aliphatic carbocycles. The van der Waals surface area contributed by atoms with E-state index in [0.29, 0.717) is 12.5 Å². The molecule has 0 heterocycles. The van der Waals surface area contributed by atoms with Gasteiger partial charge >= 0.3 is 0 Å². The SMILES string of the molecule is CC(C)CN(CCN(C)C)Cc1cc(O)cc(F)c1. The van der Waals surface area contributed by atoms with Crippen LogP contribution in [0.25, 0.3) is 0 Å². The molecule has 3 nitrogen and oxygen atoms in total. The maximum absolute atomic E-state index is 13.3. The maximum atomic E-state index is 13.3. The molecule has 0 aliphatic rings. The molecule has 0 saturated carbocycles. The molecular weight excluding hydrogens is 243 g/mol. The number of aromatic hydroxyl groups is 1. The highest BCUT2D eigenvalue weighted by atomic mass is 19.1. The summed E-state index contributed by atoms with van der Waals surface area (Å²) in [6.07, 6.45) is 0. The lowest BCUT2D eigenvalue weighted by Crippen LogP contribution is -2.34. The molecule has 4 heteroatoms. The number of phenolic OH excluding ortho intramolecular Hbond substituents is 1. The van der Waals surface area contributed by atoms with E-state index in [1.165, 1.54) is 6.07 Å². The maximum Gasteiger partial charge on any atom is 0.127 e. The summed E-state index contributed by atoms with van der Waals surface area (Å²) in [5, 5.41) is 9.44. The van der Waals surface area contributed by atoms with Crippen LogP contribution < -0.4 is 0 Å². The largest absolute Gasteiger partial charge is 0.508 e. The smallest absolute Gasteiger partial charge is 0.127 e. The van der Waals surface area contributed by atoms with Gasteiger partial charge in [0.05, 0.1) is 0 Å². The van der Waals surface area contributed by atoms with E-state index in [9.17, 15) is 9.50 Å². The Labute approximate surface area is 115 Å². The molecule has 1 N–H and O–H groups in total. The van der Waals surface area contributed by atoms with E-state index in [0.717, 1.165) is 31.3 Å². The second-order valence-corrected chi connectivity index (χ2v) is 5.75. The Bertz CT molecular complexity index is 373. The van der Waals surface area contributed by atoms with Crippen molar-refractivity contribution < 1.29 is 9.50 Å². The highest BCUT2D eigenvalue weighted by Crippen LogP contribution is 2.16. The van der Waals surface area contributed by atoms with Crippen LogP contribution in [0.5, 0.6) is 5.75 Å². The third kappa shape index (κ3) is 6.55. The van der Waals surface area contributed by atoms with Crippen LogP contribution >= 0.6 is 0 Å². The molecule has 0 atom stereocenters. The summed E-state index contributed by atoms with van der Waals surface area (Å²) in [7, 11) is 4.09. The zero-order valence-electron chi connectivity index (χ0n) is 12.4. The molecule has 108 valence electrons. The number of hydrogen-bond donors (Lipinski definition) is 1. The van der Waals surface area contributed by atoms with Crippen LogP contribution in [0.1, 0.15) is 19.4 Å². The molecule has 0 saturated heterocycles. The lowest BCUT2D eigenvalue weighted by Gasteiger charge is -2.26. The van der Waals surface area contributed by atoms with Crippen molar-refractivity contribution in [2.24, 2.45) is 5.92 Å². The summed E-state index contributed by atoms with van der Waals surface area (Å²) < 4.78 is 13.3. The van der Waals surface area contributed by atoms with Crippen molar-refractivity contribution in [2.75, 3.05) is 33.7 Å². The number of phenols is 1. The number of benzene rings is 1. The summed E-state index contributed by atoms with van der Waals surface area (Å²) >= 11 is 0. The Morgan fingerprint density at radius 3 is 2.37 bits per heavy atom. The first-order valence-electron chi connectivity index (χ1n) is 6.72. The molecule has 0 aliphatic heterocycles. The summed E-state index contributed by atoms with van der Waals surface area (Å²) in [5.41, 5.74) is 0.817. The van der Waals surface area contributed by atoms with Gasteiger partial charge in [-0.2, -0.15) is 0 Å². The first-order chi connectivity index (χ1) is 8.86. The molecule has 0 spiro atoms. The van der Waals surface area contributed by atoms with E-state index >= 15 is 0 Å². The van der Waals surface area contributed by atoms with Crippen molar-refractivity contribution >= 4 is 0 Å². The molecule has 0 amide bonds. The fourth-order valence-electron chi connectivity index (χ4n) is 2.08. The van der Waals surface area contributed by atoms with Gasteiger partial charge in [0.15, 0.2) is 0 Å². The molecular formula is C15H25FN2O. The van der Waals surface area contributed by atoms with Crippen LogP contribution in [-0.4, -0.2) is 48.6 Å². The summed E-state index contributed by atoms with van der Waals surface area (Å²) in [4.78, 5) is 4.43. The topological polar surface area (TPSA) is 26.7 Å². The minimum atomic E-state index is -0.382. The average Bonchev–Trinajstić information content (AvgIpc) is 2.23. The van der Waals surface area contributed by atoms with Gasteiger partial charge in [-0.05, 0) is 37.7 Å². The van der Waals surface area contributed by atoms with E-state index in [1.54, 1.807) is 6.07 Å². The van der Waals surface area contributed by atoms with E-state index in [4.69, 9.17) is 0 Å². The van der Waals surface area contributed by atoms with E-state index in [-0.39, 0.29) is 11.6 Å². The minimum Gasteiger partial charge on any atom is -0.508 e. The van der Waals surface area contributed by atoms with Gasteiger partial charge in [0.25, 0.3) is 0 Å². The second-order valence-electron chi connectivity index (χ2n) is 5.75. The highest BCUT2D eigenvalue weighted by molar-refractivity contribution is 5.28. The fraction of sp³-hybridized carbons (Fsp3) is 0.600. The summed E-state index contributed by atoms with van der Waals surface area (Å²) in [6, 6.07) is 4.25. The number of halogens is 1. The molecule has 0 bridgehead atoms. The van der Waals surface area contributed by atoms with Crippen LogP contribution in [0, 0.1) is 11.7 Å². The molecule has 1 aromatic rings. The van der Waals surface area contributed by atoms with Gasteiger partial charge in [0, 0.05) is 32.2 Å². The monoisotopic (exact) mass is 268 g/mol. The quantitative estimate of drug-likeness (QED) is 0.823. The predicted octanol–water partition coefficient (Wildman–Crippen LogP) is 2.55. The second kappa shape index (κ2) is 7.46. The number of hydrogen-bond acceptors (Lipinski definition) is 3. The first kappa shape index (κ1) is 15.9. The fourth-order valence-corrected chi connectivity index (χ4v) is 2.08. The van der Waals surface area contributed by atoms with Gasteiger partial charge in [0.2, 0.25) is 0 Å². The van der Waals surface area contributed by atoms with Crippen LogP contribution in [-0.2, 0) is 6.54 Å². The highest BCUT2D eigenvalue weighted by Gasteiger charge is 2.10. The van der Waals surface area contributed by atoms with E-state index < -0.39 is 0 Å². The average molecular weight is 268 g/mol. The van der Waals surface area contributed by atoms with Crippen molar-refractivity contribution in [2.45, 2.75) is 20.4 Å². The third-order valence-electron chi connectivity index (χ3n) is 2.84. The molecule has 0 aromatic heterocycles. The van der Waals surface area contributed by atoms with Crippen LogP contribution in [0.4, 0.5) is 4.39 Å². The van der Waals surface area contributed by atoms with Gasteiger partial charge in [0.1, 0.15) is 11.6 Å².